The van der Waals surface area contributed by atoms with Gasteiger partial charge in [-0.1, -0.05) is 0 Å². The van der Waals surface area contributed by atoms with E-state index in [0.717, 1.165) is 12.3 Å². The van der Waals surface area contributed by atoms with Crippen LogP contribution in [-0.4, -0.2) is 25.7 Å². The minimum absolute atomic E-state index is 0.00965. The van der Waals surface area contributed by atoms with Gasteiger partial charge in [0, 0.05) is 12.2 Å². The third kappa shape index (κ3) is 1.68. The molecule has 4 fully saturated rings. The predicted octanol–water partition coefficient (Wildman–Crippen LogP) is 2.51. The number of ketones is 1. The lowest BCUT2D eigenvalue weighted by Gasteiger charge is -2.38. The van der Waals surface area contributed by atoms with E-state index in [9.17, 15) is 22.0 Å². The lowest BCUT2D eigenvalue weighted by atomic mass is 9.66. The number of hydrogen-bond donors (Lipinski definition) is 0. The Labute approximate surface area is 123 Å². The van der Waals surface area contributed by atoms with Crippen LogP contribution in [0.15, 0.2) is 0 Å². The minimum atomic E-state index is -4.67. The van der Waals surface area contributed by atoms with Crippen molar-refractivity contribution >= 4 is 15.6 Å². The molecule has 0 aliphatic heterocycles. The zero-order chi connectivity index (χ0) is 15.2. The molecule has 0 amide bonds. The molecule has 7 unspecified atom stereocenters. The largest absolute Gasteiger partial charge is 0.402 e. The molecule has 0 N–H and O–H groups in total. The van der Waals surface area contributed by atoms with E-state index >= 15 is 0 Å². The predicted molar refractivity (Wildman–Crippen MR) is 72.3 cm³/mol. The van der Waals surface area contributed by atoms with E-state index in [1.165, 1.54) is 19.3 Å². The second-order valence-electron chi connectivity index (χ2n) is 7.64. The molecule has 4 aliphatic rings. The standard InChI is InChI=1S/C15H20F2O3S/c1-21(19,20)15(16,17)14(18)11-6-9-5-10(11)13-8-3-2-7(4-8)12(9)13/h7-13H,2-6H2,1H3. The monoisotopic (exact) mass is 318 g/mol. The summed E-state index contributed by atoms with van der Waals surface area (Å²) in [7, 11) is -4.67. The first kappa shape index (κ1) is 14.1. The van der Waals surface area contributed by atoms with Gasteiger partial charge in [-0.15, -0.1) is 0 Å². The highest BCUT2D eigenvalue weighted by Crippen LogP contribution is 2.69. The Balaban J connectivity index is 1.61. The van der Waals surface area contributed by atoms with Gasteiger partial charge in [0.05, 0.1) is 0 Å². The van der Waals surface area contributed by atoms with Gasteiger partial charge < -0.3 is 0 Å². The average molecular weight is 318 g/mol. The van der Waals surface area contributed by atoms with Gasteiger partial charge in [-0.3, -0.25) is 4.79 Å². The number of sulfone groups is 1. The molecule has 0 saturated heterocycles. The molecule has 4 bridgehead atoms. The molecule has 4 rings (SSSR count). The maximum Gasteiger partial charge on any atom is 0.402 e. The van der Waals surface area contributed by atoms with Crippen molar-refractivity contribution in [2.45, 2.75) is 37.4 Å². The van der Waals surface area contributed by atoms with E-state index in [2.05, 4.69) is 0 Å². The Bertz CT molecular complexity index is 600. The number of halogens is 2. The summed E-state index contributed by atoms with van der Waals surface area (Å²) in [5.74, 6) is 0.685. The van der Waals surface area contributed by atoms with Crippen LogP contribution in [-0.2, 0) is 14.6 Å². The summed E-state index contributed by atoms with van der Waals surface area (Å²) in [6.45, 7) is 0. The molecular formula is C15H20F2O3S. The fourth-order valence-corrected chi connectivity index (χ4v) is 6.78. The summed E-state index contributed by atoms with van der Waals surface area (Å²) >= 11 is 0. The van der Waals surface area contributed by atoms with Crippen LogP contribution < -0.4 is 0 Å². The number of rotatable bonds is 3. The molecule has 0 radical (unpaired) electrons. The van der Waals surface area contributed by atoms with Gasteiger partial charge in [0.25, 0.3) is 0 Å². The first-order valence-electron chi connectivity index (χ1n) is 7.83. The maximum absolute atomic E-state index is 13.9. The summed E-state index contributed by atoms with van der Waals surface area (Å²) in [5, 5.41) is -4.21. The van der Waals surface area contributed by atoms with Gasteiger partial charge >= 0.3 is 5.25 Å². The SMILES string of the molecule is CS(=O)(=O)C(F)(F)C(=O)C1CC2CC1C1C3CCC(C3)C21. The Hall–Kier alpha value is -0.520. The van der Waals surface area contributed by atoms with Crippen molar-refractivity contribution in [1.82, 2.24) is 0 Å². The van der Waals surface area contributed by atoms with Crippen molar-refractivity contribution in [3.63, 3.8) is 0 Å². The van der Waals surface area contributed by atoms with Crippen molar-refractivity contribution < 1.29 is 22.0 Å². The van der Waals surface area contributed by atoms with Crippen LogP contribution in [0.25, 0.3) is 0 Å². The molecule has 0 aromatic heterocycles. The third-order valence-electron chi connectivity index (χ3n) is 6.82. The summed E-state index contributed by atoms with van der Waals surface area (Å²) in [6.07, 6.45) is 5.42. The zero-order valence-corrected chi connectivity index (χ0v) is 12.8. The highest BCUT2D eigenvalue weighted by atomic mass is 32.2. The number of alkyl halides is 2. The molecule has 4 aliphatic carbocycles. The maximum atomic E-state index is 13.9. The van der Waals surface area contributed by atoms with E-state index in [1.54, 1.807) is 0 Å². The Kier molecular flexibility index (Phi) is 2.73. The molecule has 21 heavy (non-hydrogen) atoms. The molecule has 118 valence electrons. The van der Waals surface area contributed by atoms with Gasteiger partial charge in [-0.05, 0) is 67.6 Å². The van der Waals surface area contributed by atoms with Crippen LogP contribution in [0.3, 0.4) is 0 Å². The van der Waals surface area contributed by atoms with Crippen molar-refractivity contribution in [3.8, 4) is 0 Å². The van der Waals surface area contributed by atoms with Crippen LogP contribution in [0.5, 0.6) is 0 Å². The van der Waals surface area contributed by atoms with E-state index in [1.807, 2.05) is 0 Å². The van der Waals surface area contributed by atoms with Crippen molar-refractivity contribution in [1.29, 1.82) is 0 Å². The third-order valence-corrected chi connectivity index (χ3v) is 7.96. The van der Waals surface area contributed by atoms with Crippen LogP contribution in [0, 0.1) is 41.4 Å². The topological polar surface area (TPSA) is 51.2 Å². The van der Waals surface area contributed by atoms with Gasteiger partial charge in [0.2, 0.25) is 15.6 Å². The molecule has 6 heteroatoms. The Morgan fingerprint density at radius 2 is 1.62 bits per heavy atom. The quantitative estimate of drug-likeness (QED) is 0.751. The minimum Gasteiger partial charge on any atom is -0.291 e. The number of Topliss-reactive ketones (excluding diaryl/α,β-unsaturated/α-hetero) is 1. The van der Waals surface area contributed by atoms with Crippen molar-refractivity contribution in [3.05, 3.63) is 0 Å². The first-order valence-corrected chi connectivity index (χ1v) is 9.72. The first-order chi connectivity index (χ1) is 9.72. The number of carbonyl (C=O) groups is 1. The second-order valence-corrected chi connectivity index (χ2v) is 9.70. The molecule has 0 aromatic carbocycles. The number of carbonyl (C=O) groups excluding carboxylic acids is 1. The normalized spacial score (nSPS) is 47.9. The fourth-order valence-electron chi connectivity index (χ4n) is 6.27. The second kappa shape index (κ2) is 4.06. The summed E-state index contributed by atoms with van der Waals surface area (Å²) < 4.78 is 50.3. The van der Waals surface area contributed by atoms with E-state index in [4.69, 9.17) is 0 Å². The summed E-state index contributed by atoms with van der Waals surface area (Å²) in [5.41, 5.74) is 0. The van der Waals surface area contributed by atoms with Crippen molar-refractivity contribution in [2.24, 2.45) is 41.4 Å². The summed E-state index contributed by atoms with van der Waals surface area (Å²) in [6, 6.07) is 0. The van der Waals surface area contributed by atoms with Crippen LogP contribution in [0.1, 0.15) is 32.1 Å². The lowest BCUT2D eigenvalue weighted by molar-refractivity contribution is -0.140. The fraction of sp³-hybridized carbons (Fsp3) is 0.933. The van der Waals surface area contributed by atoms with Gasteiger partial charge in [0.15, 0.2) is 0 Å². The molecule has 7 atom stereocenters. The summed E-state index contributed by atoms with van der Waals surface area (Å²) in [4.78, 5) is 12.2. The molecule has 4 saturated carbocycles. The molecular weight excluding hydrogens is 298 g/mol. The van der Waals surface area contributed by atoms with Gasteiger partial charge in [0.1, 0.15) is 0 Å². The highest BCUT2D eigenvalue weighted by molar-refractivity contribution is 7.92. The van der Waals surface area contributed by atoms with Crippen LogP contribution in [0.4, 0.5) is 8.78 Å². The van der Waals surface area contributed by atoms with Crippen LogP contribution >= 0.6 is 0 Å². The smallest absolute Gasteiger partial charge is 0.291 e. The number of hydrogen-bond acceptors (Lipinski definition) is 3. The molecule has 0 aromatic rings. The highest BCUT2D eigenvalue weighted by Gasteiger charge is 2.66. The van der Waals surface area contributed by atoms with Gasteiger partial charge in [-0.25, -0.2) is 8.42 Å². The zero-order valence-electron chi connectivity index (χ0n) is 12.0. The van der Waals surface area contributed by atoms with E-state index in [-0.39, 0.29) is 5.92 Å². The molecule has 0 spiro atoms. The molecule has 3 nitrogen and oxygen atoms in total. The Morgan fingerprint density at radius 3 is 2.24 bits per heavy atom. The van der Waals surface area contributed by atoms with E-state index in [0.29, 0.717) is 36.3 Å². The van der Waals surface area contributed by atoms with Gasteiger partial charge in [-0.2, -0.15) is 8.78 Å². The average Bonchev–Trinajstić information content (AvgIpc) is 3.13. The van der Waals surface area contributed by atoms with Crippen LogP contribution in [0.2, 0.25) is 0 Å². The van der Waals surface area contributed by atoms with E-state index < -0.39 is 26.8 Å². The Morgan fingerprint density at radius 1 is 1.00 bits per heavy atom. The lowest BCUT2D eigenvalue weighted by Crippen LogP contribution is -2.45. The number of fused-ring (bicyclic) bond motifs is 9. The molecule has 0 heterocycles. The van der Waals surface area contributed by atoms with Crippen molar-refractivity contribution in [2.75, 3.05) is 6.26 Å².